The van der Waals surface area contributed by atoms with E-state index in [1.165, 1.54) is 0 Å². The molecule has 0 spiro atoms. The van der Waals surface area contributed by atoms with E-state index in [1.807, 2.05) is 25.1 Å². The normalized spacial score (nSPS) is 23.5. The van der Waals surface area contributed by atoms with Crippen molar-refractivity contribution < 1.29 is 4.74 Å². The fraction of sp³-hybridized carbons (Fsp3) is 0.357. The maximum atomic E-state index is 5.86. The molecule has 1 aromatic rings. The maximum Gasteiger partial charge on any atom is 0.266 e. The zero-order chi connectivity index (χ0) is 14.0. The first-order valence-electron chi connectivity index (χ1n) is 5.91. The van der Waals surface area contributed by atoms with Gasteiger partial charge in [0.25, 0.3) is 3.79 Å². The van der Waals surface area contributed by atoms with Gasteiger partial charge < -0.3 is 4.74 Å². The molecule has 0 fully saturated rings. The van der Waals surface area contributed by atoms with Gasteiger partial charge in [-0.3, -0.25) is 0 Å². The van der Waals surface area contributed by atoms with E-state index in [0.717, 1.165) is 11.1 Å². The SMILES string of the molecule is C=CC1CC(c2cccc(C)c2)OC(C(Cl)(Cl)Cl)=N1. The van der Waals surface area contributed by atoms with Crippen molar-refractivity contribution in [2.45, 2.75) is 29.3 Å². The average molecular weight is 319 g/mol. The minimum Gasteiger partial charge on any atom is -0.470 e. The number of aliphatic imine (C=N–C) groups is 1. The van der Waals surface area contributed by atoms with E-state index in [-0.39, 0.29) is 18.0 Å². The topological polar surface area (TPSA) is 21.6 Å². The summed E-state index contributed by atoms with van der Waals surface area (Å²) in [4.78, 5) is 4.25. The van der Waals surface area contributed by atoms with Crippen LogP contribution in [0.1, 0.15) is 23.7 Å². The monoisotopic (exact) mass is 317 g/mol. The van der Waals surface area contributed by atoms with Crippen molar-refractivity contribution in [3.8, 4) is 0 Å². The molecule has 2 nitrogen and oxygen atoms in total. The third kappa shape index (κ3) is 3.65. The molecule has 1 aromatic carbocycles. The highest BCUT2D eigenvalue weighted by molar-refractivity contribution is 6.76. The largest absolute Gasteiger partial charge is 0.470 e. The summed E-state index contributed by atoms with van der Waals surface area (Å²) >= 11 is 17.6. The Morgan fingerprint density at radius 2 is 2.16 bits per heavy atom. The van der Waals surface area contributed by atoms with Gasteiger partial charge in [0.05, 0.1) is 6.04 Å². The van der Waals surface area contributed by atoms with Crippen LogP contribution in [0.5, 0.6) is 0 Å². The van der Waals surface area contributed by atoms with E-state index in [0.29, 0.717) is 6.42 Å². The van der Waals surface area contributed by atoms with Crippen molar-refractivity contribution in [2.75, 3.05) is 0 Å². The summed E-state index contributed by atoms with van der Waals surface area (Å²) < 4.78 is 4.08. The highest BCUT2D eigenvalue weighted by atomic mass is 35.6. The predicted molar refractivity (Wildman–Crippen MR) is 81.3 cm³/mol. The Morgan fingerprint density at radius 1 is 1.42 bits per heavy atom. The highest BCUT2D eigenvalue weighted by Gasteiger charge is 2.36. The van der Waals surface area contributed by atoms with Gasteiger partial charge >= 0.3 is 0 Å². The van der Waals surface area contributed by atoms with Gasteiger partial charge in [-0.2, -0.15) is 0 Å². The summed E-state index contributed by atoms with van der Waals surface area (Å²) in [5, 5.41) is 0. The Kier molecular flexibility index (Phi) is 4.44. The molecule has 1 aliphatic heterocycles. The molecule has 102 valence electrons. The van der Waals surface area contributed by atoms with E-state index < -0.39 is 3.79 Å². The number of nitrogens with zero attached hydrogens (tertiary/aromatic N) is 1. The Labute approximate surface area is 128 Å². The van der Waals surface area contributed by atoms with Crippen LogP contribution in [0.3, 0.4) is 0 Å². The average Bonchev–Trinajstić information content (AvgIpc) is 2.37. The van der Waals surface area contributed by atoms with E-state index in [2.05, 4.69) is 17.6 Å². The number of rotatable bonds is 2. The van der Waals surface area contributed by atoms with E-state index >= 15 is 0 Å². The Bertz CT molecular complexity index is 508. The van der Waals surface area contributed by atoms with Crippen molar-refractivity contribution >= 4 is 40.7 Å². The van der Waals surface area contributed by atoms with Gasteiger partial charge in [-0.15, -0.1) is 6.58 Å². The van der Waals surface area contributed by atoms with Crippen molar-refractivity contribution in [3.63, 3.8) is 0 Å². The second-order valence-electron chi connectivity index (χ2n) is 4.49. The molecule has 0 aromatic heterocycles. The number of hydrogen-bond donors (Lipinski definition) is 0. The minimum absolute atomic E-state index is 0.107. The molecule has 0 saturated carbocycles. The van der Waals surface area contributed by atoms with Crippen LogP contribution in [0, 0.1) is 6.92 Å². The summed E-state index contributed by atoms with van der Waals surface area (Å²) in [6, 6.07) is 7.97. The van der Waals surface area contributed by atoms with Gasteiger partial charge in [0.15, 0.2) is 0 Å². The van der Waals surface area contributed by atoms with E-state index in [1.54, 1.807) is 6.08 Å². The lowest BCUT2D eigenvalue weighted by atomic mass is 9.99. The molecule has 2 rings (SSSR count). The highest BCUT2D eigenvalue weighted by Crippen LogP contribution is 2.37. The van der Waals surface area contributed by atoms with Gasteiger partial charge in [-0.25, -0.2) is 4.99 Å². The molecule has 5 heteroatoms. The van der Waals surface area contributed by atoms with Crippen LogP contribution < -0.4 is 0 Å². The smallest absolute Gasteiger partial charge is 0.266 e. The maximum absolute atomic E-state index is 5.86. The lowest BCUT2D eigenvalue weighted by molar-refractivity contribution is 0.155. The fourth-order valence-electron chi connectivity index (χ4n) is 2.00. The molecule has 0 N–H and O–H groups in total. The molecule has 19 heavy (non-hydrogen) atoms. The molecule has 0 radical (unpaired) electrons. The summed E-state index contributed by atoms with van der Waals surface area (Å²) in [7, 11) is 0. The number of aryl methyl sites for hydroxylation is 1. The zero-order valence-electron chi connectivity index (χ0n) is 10.4. The Morgan fingerprint density at radius 3 is 2.74 bits per heavy atom. The summed E-state index contributed by atoms with van der Waals surface area (Å²) in [5.74, 6) is 0.125. The second-order valence-corrected chi connectivity index (χ2v) is 6.77. The van der Waals surface area contributed by atoms with Crippen molar-refractivity contribution in [1.82, 2.24) is 0 Å². The van der Waals surface area contributed by atoms with Gasteiger partial charge in [0, 0.05) is 6.42 Å². The lowest BCUT2D eigenvalue weighted by Gasteiger charge is -2.30. The Balaban J connectivity index is 2.30. The standard InChI is InChI=1S/C14H14Cl3NO/c1-3-11-8-12(10-6-4-5-9(2)7-10)19-13(18-11)14(15,16)17/h3-7,11-12H,1,8H2,2H3. The van der Waals surface area contributed by atoms with Gasteiger partial charge in [-0.05, 0) is 12.5 Å². The number of halogens is 3. The molecule has 0 bridgehead atoms. The summed E-state index contributed by atoms with van der Waals surface area (Å²) in [6.07, 6.45) is 2.25. The third-order valence-electron chi connectivity index (χ3n) is 2.92. The van der Waals surface area contributed by atoms with Crippen LogP contribution in [0.25, 0.3) is 0 Å². The molecule has 2 unspecified atom stereocenters. The van der Waals surface area contributed by atoms with Crippen molar-refractivity contribution in [3.05, 3.63) is 48.0 Å². The van der Waals surface area contributed by atoms with Crippen LogP contribution in [0.15, 0.2) is 41.9 Å². The van der Waals surface area contributed by atoms with Gasteiger partial charge in [0.1, 0.15) is 6.10 Å². The first-order valence-corrected chi connectivity index (χ1v) is 7.04. The second kappa shape index (κ2) is 5.74. The number of alkyl halides is 3. The first kappa shape index (κ1) is 14.7. The van der Waals surface area contributed by atoms with Crippen LogP contribution in [0.4, 0.5) is 0 Å². The number of ether oxygens (including phenoxy) is 1. The quantitative estimate of drug-likeness (QED) is 0.568. The van der Waals surface area contributed by atoms with E-state index in [4.69, 9.17) is 39.5 Å². The molecule has 0 saturated heterocycles. The van der Waals surface area contributed by atoms with Crippen LogP contribution >= 0.6 is 34.8 Å². The van der Waals surface area contributed by atoms with Crippen molar-refractivity contribution in [1.29, 1.82) is 0 Å². The molecule has 2 atom stereocenters. The van der Waals surface area contributed by atoms with Gasteiger partial charge in [-0.1, -0.05) is 70.7 Å². The molecule has 0 amide bonds. The minimum atomic E-state index is -1.65. The first-order chi connectivity index (χ1) is 8.90. The third-order valence-corrected chi connectivity index (χ3v) is 3.41. The fourth-order valence-corrected chi connectivity index (χ4v) is 2.28. The summed E-state index contributed by atoms with van der Waals surface area (Å²) in [6.45, 7) is 5.78. The van der Waals surface area contributed by atoms with Crippen LogP contribution in [-0.4, -0.2) is 15.7 Å². The van der Waals surface area contributed by atoms with Gasteiger partial charge in [0.2, 0.25) is 5.90 Å². The molecular formula is C14H14Cl3NO. The molecule has 1 aliphatic rings. The predicted octanol–water partition coefficient (Wildman–Crippen LogP) is 4.78. The molecule has 0 aliphatic carbocycles. The molecule has 1 heterocycles. The number of benzene rings is 1. The van der Waals surface area contributed by atoms with E-state index in [9.17, 15) is 0 Å². The van der Waals surface area contributed by atoms with Crippen LogP contribution in [-0.2, 0) is 4.74 Å². The zero-order valence-corrected chi connectivity index (χ0v) is 12.7. The van der Waals surface area contributed by atoms with Crippen molar-refractivity contribution in [2.24, 2.45) is 4.99 Å². The number of hydrogen-bond acceptors (Lipinski definition) is 2. The molecular weight excluding hydrogens is 305 g/mol. The Hall–Kier alpha value is -0.700. The van der Waals surface area contributed by atoms with Crippen LogP contribution in [0.2, 0.25) is 0 Å². The summed E-state index contributed by atoms with van der Waals surface area (Å²) in [5.41, 5.74) is 2.21. The lowest BCUT2D eigenvalue weighted by Crippen LogP contribution is -2.31.